The molecule has 9 heteroatoms. The van der Waals surface area contributed by atoms with Gasteiger partial charge in [0.1, 0.15) is 5.65 Å². The van der Waals surface area contributed by atoms with E-state index in [9.17, 15) is 13.2 Å². The molecule has 1 fully saturated rings. The van der Waals surface area contributed by atoms with E-state index in [1.54, 1.807) is 24.4 Å². The Bertz CT molecular complexity index is 1210. The van der Waals surface area contributed by atoms with Gasteiger partial charge in [-0.05, 0) is 48.6 Å². The molecule has 1 aliphatic rings. The lowest BCUT2D eigenvalue weighted by atomic mass is 9.97. The van der Waals surface area contributed by atoms with Crippen molar-refractivity contribution in [3.8, 4) is 0 Å². The summed E-state index contributed by atoms with van der Waals surface area (Å²) in [5.41, 5.74) is 2.61. The third-order valence-electron chi connectivity index (χ3n) is 5.92. The number of pyridine rings is 1. The summed E-state index contributed by atoms with van der Waals surface area (Å²) in [5, 5.41) is 3.54. The highest BCUT2D eigenvalue weighted by Crippen LogP contribution is 2.25. The van der Waals surface area contributed by atoms with Crippen molar-refractivity contribution >= 4 is 33.2 Å². The number of imidazole rings is 1. The first-order chi connectivity index (χ1) is 15.2. The van der Waals surface area contributed by atoms with Gasteiger partial charge in [0.05, 0.1) is 22.2 Å². The van der Waals surface area contributed by atoms with Gasteiger partial charge in [-0.25, -0.2) is 13.4 Å². The molecular weight excluding hydrogens is 448 g/mol. The van der Waals surface area contributed by atoms with Gasteiger partial charge in [-0.15, -0.1) is 0 Å². The van der Waals surface area contributed by atoms with Gasteiger partial charge in [-0.2, -0.15) is 4.31 Å². The molecule has 3 heterocycles. The van der Waals surface area contributed by atoms with Crippen molar-refractivity contribution in [2.24, 2.45) is 5.92 Å². The molecule has 7 nitrogen and oxygen atoms in total. The molecule has 1 saturated heterocycles. The zero-order valence-corrected chi connectivity index (χ0v) is 19.7. The summed E-state index contributed by atoms with van der Waals surface area (Å²) < 4.78 is 29.2. The first kappa shape index (κ1) is 22.8. The number of fused-ring (bicyclic) bond motifs is 1. The average Bonchev–Trinajstić information content (AvgIpc) is 3.19. The molecule has 0 radical (unpaired) electrons. The van der Waals surface area contributed by atoms with Crippen molar-refractivity contribution in [2.75, 3.05) is 13.1 Å². The van der Waals surface area contributed by atoms with Gasteiger partial charge in [0.15, 0.2) is 0 Å². The lowest BCUT2D eigenvalue weighted by Gasteiger charge is -2.30. The molecule has 1 aliphatic heterocycles. The predicted octanol–water partition coefficient (Wildman–Crippen LogP) is 3.83. The Hall–Kier alpha value is -2.42. The molecule has 0 aliphatic carbocycles. The normalized spacial score (nSPS) is 16.0. The second-order valence-electron chi connectivity index (χ2n) is 8.46. The molecule has 170 valence electrons. The Labute approximate surface area is 193 Å². The van der Waals surface area contributed by atoms with Gasteiger partial charge in [0.2, 0.25) is 15.9 Å². The van der Waals surface area contributed by atoms with Crippen LogP contribution in [-0.2, 0) is 21.4 Å². The van der Waals surface area contributed by atoms with Crippen LogP contribution in [0.1, 0.15) is 43.9 Å². The monoisotopic (exact) mass is 474 g/mol. The van der Waals surface area contributed by atoms with E-state index in [1.807, 2.05) is 28.8 Å². The Balaban J connectivity index is 1.32. The summed E-state index contributed by atoms with van der Waals surface area (Å²) in [6, 6.07) is 10.7. The van der Waals surface area contributed by atoms with Gasteiger partial charge in [0.25, 0.3) is 0 Å². The van der Waals surface area contributed by atoms with E-state index in [-0.39, 0.29) is 11.8 Å². The summed E-state index contributed by atoms with van der Waals surface area (Å²) in [4.78, 5) is 17.4. The summed E-state index contributed by atoms with van der Waals surface area (Å²) >= 11 is 5.99. The number of halogens is 1. The molecule has 1 N–H and O–H groups in total. The van der Waals surface area contributed by atoms with E-state index >= 15 is 0 Å². The van der Waals surface area contributed by atoms with Crippen LogP contribution in [0.15, 0.2) is 53.7 Å². The quantitative estimate of drug-likeness (QED) is 0.588. The number of carbonyl (C=O) groups is 1. The van der Waals surface area contributed by atoms with Crippen LogP contribution in [0.2, 0.25) is 5.02 Å². The fourth-order valence-electron chi connectivity index (χ4n) is 3.96. The molecule has 0 atom stereocenters. The highest BCUT2D eigenvalue weighted by atomic mass is 35.5. The Morgan fingerprint density at radius 1 is 1.12 bits per heavy atom. The largest absolute Gasteiger partial charge is 0.350 e. The van der Waals surface area contributed by atoms with Crippen molar-refractivity contribution in [2.45, 2.75) is 44.0 Å². The molecule has 1 amide bonds. The number of rotatable bonds is 6. The Morgan fingerprint density at radius 3 is 2.47 bits per heavy atom. The van der Waals surface area contributed by atoms with Gasteiger partial charge in [-0.3, -0.25) is 4.79 Å². The molecule has 3 aromatic rings. The third kappa shape index (κ3) is 4.82. The molecule has 0 bridgehead atoms. The molecule has 0 saturated carbocycles. The topological polar surface area (TPSA) is 83.8 Å². The van der Waals surface area contributed by atoms with Crippen LogP contribution in [0.5, 0.6) is 0 Å². The number of nitrogens with zero attached hydrogens (tertiary/aromatic N) is 3. The summed E-state index contributed by atoms with van der Waals surface area (Å²) in [6.45, 7) is 5.13. The molecule has 2 aromatic heterocycles. The average molecular weight is 475 g/mol. The Morgan fingerprint density at radius 2 is 1.81 bits per heavy atom. The van der Waals surface area contributed by atoms with E-state index in [1.165, 1.54) is 4.31 Å². The number of nitrogens with one attached hydrogen (secondary N) is 1. The Kier molecular flexibility index (Phi) is 6.55. The van der Waals surface area contributed by atoms with E-state index in [0.717, 1.165) is 16.9 Å². The van der Waals surface area contributed by atoms with E-state index in [4.69, 9.17) is 11.6 Å². The summed E-state index contributed by atoms with van der Waals surface area (Å²) in [5.74, 6) is 0.0639. The maximum absolute atomic E-state index is 13.0. The van der Waals surface area contributed by atoms with Crippen LogP contribution in [0, 0.1) is 5.92 Å². The number of aromatic nitrogens is 2. The van der Waals surface area contributed by atoms with Crippen LogP contribution < -0.4 is 5.32 Å². The number of sulfonamides is 1. The van der Waals surface area contributed by atoms with Crippen LogP contribution in [0.25, 0.3) is 5.65 Å². The van der Waals surface area contributed by atoms with Gasteiger partial charge in [-0.1, -0.05) is 37.6 Å². The fourth-order valence-corrected chi connectivity index (χ4v) is 5.59. The third-order valence-corrected chi connectivity index (χ3v) is 8.05. The number of benzene rings is 1. The lowest BCUT2D eigenvalue weighted by molar-refractivity contribution is -0.126. The minimum atomic E-state index is -3.55. The zero-order chi connectivity index (χ0) is 22.9. The number of hydrogen-bond acceptors (Lipinski definition) is 4. The first-order valence-electron chi connectivity index (χ1n) is 10.7. The van der Waals surface area contributed by atoms with Gasteiger partial charge >= 0.3 is 0 Å². The van der Waals surface area contributed by atoms with Crippen LogP contribution >= 0.6 is 11.6 Å². The maximum atomic E-state index is 13.0. The molecular formula is C23H27ClN4O3S. The number of piperidine rings is 1. The molecule has 0 spiro atoms. The van der Waals surface area contributed by atoms with Crippen molar-refractivity contribution < 1.29 is 13.2 Å². The zero-order valence-electron chi connectivity index (χ0n) is 18.2. The molecule has 1 aromatic carbocycles. The van der Waals surface area contributed by atoms with Crippen LogP contribution in [0.3, 0.4) is 0 Å². The SMILES string of the molecule is CC(C)c1ccc(S(=O)(=O)N2CCC(C(=O)NCc3cn4cc(Cl)ccc4n3)CC2)cc1. The van der Waals surface area contributed by atoms with Crippen LogP contribution in [-0.4, -0.2) is 41.1 Å². The molecule has 4 rings (SSSR count). The minimum absolute atomic E-state index is 0.0709. The van der Waals surface area contributed by atoms with E-state index in [0.29, 0.717) is 48.3 Å². The van der Waals surface area contributed by atoms with Crippen molar-refractivity contribution in [1.82, 2.24) is 19.0 Å². The van der Waals surface area contributed by atoms with Gasteiger partial charge < -0.3 is 9.72 Å². The fraction of sp³-hybridized carbons (Fsp3) is 0.391. The minimum Gasteiger partial charge on any atom is -0.350 e. The highest BCUT2D eigenvalue weighted by molar-refractivity contribution is 7.89. The predicted molar refractivity (Wildman–Crippen MR) is 124 cm³/mol. The highest BCUT2D eigenvalue weighted by Gasteiger charge is 2.32. The second-order valence-corrected chi connectivity index (χ2v) is 10.8. The van der Waals surface area contributed by atoms with Crippen LogP contribution in [0.4, 0.5) is 0 Å². The van der Waals surface area contributed by atoms with Crippen molar-refractivity contribution in [3.63, 3.8) is 0 Å². The number of hydrogen-bond donors (Lipinski definition) is 1. The number of amides is 1. The second kappa shape index (κ2) is 9.21. The standard InChI is InChI=1S/C23H27ClN4O3S/c1-16(2)17-3-6-21(7-4-17)32(30,31)28-11-9-18(10-12-28)23(29)25-13-20-15-27-14-19(24)5-8-22(27)26-20/h3-8,14-16,18H,9-13H2,1-2H3,(H,25,29). The summed E-state index contributed by atoms with van der Waals surface area (Å²) in [7, 11) is -3.55. The first-order valence-corrected chi connectivity index (χ1v) is 12.6. The maximum Gasteiger partial charge on any atom is 0.243 e. The number of carbonyl (C=O) groups excluding carboxylic acids is 1. The molecule has 32 heavy (non-hydrogen) atoms. The van der Waals surface area contributed by atoms with E-state index < -0.39 is 10.0 Å². The smallest absolute Gasteiger partial charge is 0.243 e. The summed E-state index contributed by atoms with van der Waals surface area (Å²) in [6.07, 6.45) is 4.59. The van der Waals surface area contributed by atoms with Crippen molar-refractivity contribution in [3.05, 3.63) is 65.1 Å². The van der Waals surface area contributed by atoms with Crippen molar-refractivity contribution in [1.29, 1.82) is 0 Å². The van der Waals surface area contributed by atoms with E-state index in [2.05, 4.69) is 24.1 Å². The lowest BCUT2D eigenvalue weighted by Crippen LogP contribution is -2.42. The van der Waals surface area contributed by atoms with Gasteiger partial charge in [0, 0.05) is 31.4 Å². The molecule has 0 unspecified atom stereocenters.